The van der Waals surface area contributed by atoms with E-state index in [0.29, 0.717) is 22.9 Å². The van der Waals surface area contributed by atoms with Gasteiger partial charge in [0.25, 0.3) is 5.91 Å². The molecule has 1 N–H and O–H groups in total. The molecular weight excluding hydrogens is 346 g/mol. The summed E-state index contributed by atoms with van der Waals surface area (Å²) >= 11 is 1.41. The molecule has 1 aromatic heterocycles. The quantitative estimate of drug-likeness (QED) is 0.651. The Kier molecular flexibility index (Phi) is 5.58. The molecule has 26 heavy (non-hydrogen) atoms. The standard InChI is InChI=1S/C21H21NO3S/c1-14-7-8-15(2)19(9-14)25-12-16-10-20(26-13-16)21(23)22-17-5-4-6-18(11-17)24-3/h4-11,13H,12H2,1-3H3,(H,22,23). The second kappa shape index (κ2) is 8.06. The van der Waals surface area contributed by atoms with E-state index in [9.17, 15) is 4.79 Å². The molecule has 2 aromatic carbocycles. The minimum atomic E-state index is -0.138. The normalized spacial score (nSPS) is 10.4. The Bertz CT molecular complexity index is 917. The number of anilines is 1. The van der Waals surface area contributed by atoms with Crippen molar-refractivity contribution in [1.29, 1.82) is 0 Å². The fourth-order valence-corrected chi connectivity index (χ4v) is 3.28. The van der Waals surface area contributed by atoms with Crippen molar-refractivity contribution < 1.29 is 14.3 Å². The molecule has 134 valence electrons. The van der Waals surface area contributed by atoms with E-state index in [2.05, 4.69) is 11.4 Å². The van der Waals surface area contributed by atoms with Gasteiger partial charge in [-0.25, -0.2) is 0 Å². The SMILES string of the molecule is COc1cccc(NC(=O)c2cc(COc3cc(C)ccc3C)cs2)c1. The first-order chi connectivity index (χ1) is 12.5. The van der Waals surface area contributed by atoms with Crippen LogP contribution in [-0.4, -0.2) is 13.0 Å². The van der Waals surface area contributed by atoms with Gasteiger partial charge in [0.1, 0.15) is 18.1 Å². The van der Waals surface area contributed by atoms with Crippen LogP contribution in [0.4, 0.5) is 5.69 Å². The van der Waals surface area contributed by atoms with E-state index in [4.69, 9.17) is 9.47 Å². The highest BCUT2D eigenvalue weighted by molar-refractivity contribution is 7.12. The molecule has 5 heteroatoms. The van der Waals surface area contributed by atoms with Crippen LogP contribution in [-0.2, 0) is 6.61 Å². The Hall–Kier alpha value is -2.79. The molecule has 0 fully saturated rings. The van der Waals surface area contributed by atoms with Gasteiger partial charge < -0.3 is 14.8 Å². The topological polar surface area (TPSA) is 47.6 Å². The lowest BCUT2D eigenvalue weighted by molar-refractivity contribution is 0.103. The zero-order valence-corrected chi connectivity index (χ0v) is 15.9. The van der Waals surface area contributed by atoms with Gasteiger partial charge in [0.2, 0.25) is 0 Å². The van der Waals surface area contributed by atoms with Crippen LogP contribution in [0.15, 0.2) is 53.9 Å². The smallest absolute Gasteiger partial charge is 0.265 e. The van der Waals surface area contributed by atoms with Crippen molar-refractivity contribution in [2.24, 2.45) is 0 Å². The molecule has 1 heterocycles. The molecule has 4 nitrogen and oxygen atoms in total. The van der Waals surface area contributed by atoms with Crippen LogP contribution in [0, 0.1) is 13.8 Å². The van der Waals surface area contributed by atoms with Crippen LogP contribution in [0.1, 0.15) is 26.4 Å². The second-order valence-electron chi connectivity index (χ2n) is 6.06. The van der Waals surface area contributed by atoms with Crippen molar-refractivity contribution in [3.05, 3.63) is 75.5 Å². The minimum absolute atomic E-state index is 0.138. The van der Waals surface area contributed by atoms with E-state index in [1.54, 1.807) is 13.2 Å². The van der Waals surface area contributed by atoms with Gasteiger partial charge in [0.05, 0.1) is 12.0 Å². The Morgan fingerprint density at radius 3 is 2.77 bits per heavy atom. The molecule has 0 bridgehead atoms. The number of thiophene rings is 1. The summed E-state index contributed by atoms with van der Waals surface area (Å²) in [5.41, 5.74) is 3.94. The zero-order valence-electron chi connectivity index (χ0n) is 15.0. The third kappa shape index (κ3) is 4.43. The largest absolute Gasteiger partial charge is 0.497 e. The summed E-state index contributed by atoms with van der Waals surface area (Å²) in [5, 5.41) is 4.84. The van der Waals surface area contributed by atoms with E-state index >= 15 is 0 Å². The van der Waals surface area contributed by atoms with Crippen molar-refractivity contribution in [1.82, 2.24) is 0 Å². The van der Waals surface area contributed by atoms with Gasteiger partial charge in [-0.15, -0.1) is 11.3 Å². The number of amides is 1. The summed E-state index contributed by atoms with van der Waals surface area (Å²) in [7, 11) is 1.60. The monoisotopic (exact) mass is 367 g/mol. The molecule has 0 spiro atoms. The van der Waals surface area contributed by atoms with Gasteiger partial charge in [-0.1, -0.05) is 18.2 Å². The number of carbonyl (C=O) groups excluding carboxylic acids is 1. The predicted molar refractivity (Wildman–Crippen MR) is 106 cm³/mol. The number of methoxy groups -OCH3 is 1. The molecule has 0 saturated heterocycles. The van der Waals surface area contributed by atoms with Crippen molar-refractivity contribution in [2.45, 2.75) is 20.5 Å². The molecule has 0 aliphatic carbocycles. The van der Waals surface area contributed by atoms with Crippen LogP contribution in [0.25, 0.3) is 0 Å². The predicted octanol–water partition coefficient (Wildman–Crippen LogP) is 5.20. The molecular formula is C21H21NO3S. The van der Waals surface area contributed by atoms with Crippen LogP contribution in [0.3, 0.4) is 0 Å². The number of nitrogens with one attached hydrogen (secondary N) is 1. The highest BCUT2D eigenvalue weighted by atomic mass is 32.1. The highest BCUT2D eigenvalue weighted by Gasteiger charge is 2.11. The fraction of sp³-hybridized carbons (Fsp3) is 0.190. The molecule has 0 atom stereocenters. The molecule has 0 saturated carbocycles. The maximum Gasteiger partial charge on any atom is 0.265 e. The number of rotatable bonds is 6. The third-order valence-corrected chi connectivity index (χ3v) is 4.92. The number of hydrogen-bond acceptors (Lipinski definition) is 4. The maximum absolute atomic E-state index is 12.4. The Balaban J connectivity index is 1.63. The first-order valence-corrected chi connectivity index (χ1v) is 9.16. The van der Waals surface area contributed by atoms with Crippen molar-refractivity contribution in [2.75, 3.05) is 12.4 Å². The molecule has 0 aliphatic heterocycles. The van der Waals surface area contributed by atoms with Gasteiger partial charge in [-0.3, -0.25) is 4.79 Å². The first-order valence-electron chi connectivity index (χ1n) is 8.28. The lowest BCUT2D eigenvalue weighted by Crippen LogP contribution is -2.10. The summed E-state index contributed by atoms with van der Waals surface area (Å²) in [4.78, 5) is 13.1. The van der Waals surface area contributed by atoms with Crippen molar-refractivity contribution in [3.8, 4) is 11.5 Å². The lowest BCUT2D eigenvalue weighted by Gasteiger charge is -2.09. The van der Waals surface area contributed by atoms with E-state index in [0.717, 1.165) is 22.4 Å². The average Bonchev–Trinajstić information content (AvgIpc) is 3.12. The van der Waals surface area contributed by atoms with Crippen LogP contribution in [0.5, 0.6) is 11.5 Å². The molecule has 3 rings (SSSR count). The maximum atomic E-state index is 12.4. The summed E-state index contributed by atoms with van der Waals surface area (Å²) < 4.78 is 11.1. The molecule has 1 amide bonds. The zero-order chi connectivity index (χ0) is 18.5. The van der Waals surface area contributed by atoms with Gasteiger partial charge in [0.15, 0.2) is 0 Å². The summed E-state index contributed by atoms with van der Waals surface area (Å²) in [6.45, 7) is 4.50. The third-order valence-electron chi connectivity index (χ3n) is 3.94. The first kappa shape index (κ1) is 18.0. The Labute approximate surface area is 157 Å². The van der Waals surface area contributed by atoms with E-state index in [1.165, 1.54) is 11.3 Å². The molecule has 0 radical (unpaired) electrons. The van der Waals surface area contributed by atoms with E-state index in [-0.39, 0.29) is 5.91 Å². The van der Waals surface area contributed by atoms with Gasteiger partial charge in [-0.2, -0.15) is 0 Å². The molecule has 0 aliphatic rings. The summed E-state index contributed by atoms with van der Waals surface area (Å²) in [5.74, 6) is 1.44. The number of hydrogen-bond donors (Lipinski definition) is 1. The second-order valence-corrected chi connectivity index (χ2v) is 6.97. The summed E-state index contributed by atoms with van der Waals surface area (Å²) in [6, 6.07) is 15.3. The number of aryl methyl sites for hydroxylation is 2. The average molecular weight is 367 g/mol. The van der Waals surface area contributed by atoms with Crippen molar-refractivity contribution in [3.63, 3.8) is 0 Å². The number of carbonyl (C=O) groups is 1. The van der Waals surface area contributed by atoms with E-state index in [1.807, 2.05) is 55.6 Å². The van der Waals surface area contributed by atoms with Gasteiger partial charge >= 0.3 is 0 Å². The minimum Gasteiger partial charge on any atom is -0.497 e. The van der Waals surface area contributed by atoms with E-state index < -0.39 is 0 Å². The summed E-state index contributed by atoms with van der Waals surface area (Å²) in [6.07, 6.45) is 0. The molecule has 0 unspecified atom stereocenters. The molecule has 3 aromatic rings. The Morgan fingerprint density at radius 2 is 1.96 bits per heavy atom. The van der Waals surface area contributed by atoms with Gasteiger partial charge in [-0.05, 0) is 54.6 Å². The lowest BCUT2D eigenvalue weighted by atomic mass is 10.1. The number of ether oxygens (including phenoxy) is 2. The highest BCUT2D eigenvalue weighted by Crippen LogP contribution is 2.23. The number of benzene rings is 2. The van der Waals surface area contributed by atoms with Gasteiger partial charge in [0, 0.05) is 17.3 Å². The Morgan fingerprint density at radius 1 is 1.12 bits per heavy atom. The van der Waals surface area contributed by atoms with Crippen LogP contribution >= 0.6 is 11.3 Å². The van der Waals surface area contributed by atoms with Crippen LogP contribution < -0.4 is 14.8 Å². The fourth-order valence-electron chi connectivity index (χ4n) is 2.49. The van der Waals surface area contributed by atoms with Crippen LogP contribution in [0.2, 0.25) is 0 Å². The van der Waals surface area contributed by atoms with Crippen molar-refractivity contribution >= 4 is 22.9 Å².